The summed E-state index contributed by atoms with van der Waals surface area (Å²) in [5.41, 5.74) is 5.65. The lowest BCUT2D eigenvalue weighted by Crippen LogP contribution is -2.44. The lowest BCUT2D eigenvalue weighted by Gasteiger charge is -2.31. The Balaban J connectivity index is 2.32. The quantitative estimate of drug-likeness (QED) is 0.805. The number of rotatable bonds is 1. The predicted molar refractivity (Wildman–Crippen MR) is 72.9 cm³/mol. The van der Waals surface area contributed by atoms with Gasteiger partial charge >= 0.3 is 0 Å². The molecular formula is C13H22N4O. The van der Waals surface area contributed by atoms with Gasteiger partial charge in [-0.15, -0.1) is 0 Å². The molecule has 0 unspecified atom stereocenters. The van der Waals surface area contributed by atoms with Crippen molar-refractivity contribution in [2.24, 2.45) is 5.73 Å². The highest BCUT2D eigenvalue weighted by Crippen LogP contribution is 2.16. The van der Waals surface area contributed by atoms with Crippen LogP contribution in [0.1, 0.15) is 33.6 Å². The van der Waals surface area contributed by atoms with Crippen LogP contribution in [0.15, 0.2) is 17.2 Å². The van der Waals surface area contributed by atoms with Crippen LogP contribution in [0.4, 0.5) is 5.82 Å². The smallest absolute Gasteiger partial charge is 0.293 e. The van der Waals surface area contributed by atoms with Crippen LogP contribution in [-0.4, -0.2) is 28.7 Å². The van der Waals surface area contributed by atoms with E-state index in [1.54, 1.807) is 17.0 Å². The molecule has 5 nitrogen and oxygen atoms in total. The van der Waals surface area contributed by atoms with Gasteiger partial charge in [-0.25, -0.2) is 4.98 Å². The fourth-order valence-corrected chi connectivity index (χ4v) is 2.26. The summed E-state index contributed by atoms with van der Waals surface area (Å²) in [5.74, 6) is 0.555. The van der Waals surface area contributed by atoms with Gasteiger partial charge in [0.15, 0.2) is 5.82 Å². The number of nitrogens with two attached hydrogens (primary N) is 1. The molecule has 1 aromatic heterocycles. The first kappa shape index (κ1) is 13.1. The Morgan fingerprint density at radius 2 is 1.94 bits per heavy atom. The molecular weight excluding hydrogens is 228 g/mol. The van der Waals surface area contributed by atoms with Gasteiger partial charge in [-0.2, -0.15) is 0 Å². The Kier molecular flexibility index (Phi) is 3.43. The topological polar surface area (TPSA) is 64.2 Å². The van der Waals surface area contributed by atoms with E-state index in [0.717, 1.165) is 25.9 Å². The van der Waals surface area contributed by atoms with Crippen LogP contribution >= 0.6 is 0 Å². The number of nitrogens with zero attached hydrogens (tertiary/aromatic N) is 3. The van der Waals surface area contributed by atoms with Gasteiger partial charge in [0.2, 0.25) is 0 Å². The molecule has 0 radical (unpaired) electrons. The van der Waals surface area contributed by atoms with Gasteiger partial charge < -0.3 is 15.2 Å². The molecule has 1 aliphatic heterocycles. The van der Waals surface area contributed by atoms with Crippen molar-refractivity contribution in [1.82, 2.24) is 9.55 Å². The molecule has 1 fully saturated rings. The standard InChI is InChI=1S/C13H22N4O/c1-13(2,3)17-9-6-15-11(12(17)18)16-7-4-10(14)5-8-16/h6,9-10H,4-5,7-8,14H2,1-3H3. The molecule has 1 aliphatic rings. The van der Waals surface area contributed by atoms with Gasteiger partial charge in [0.25, 0.3) is 5.56 Å². The largest absolute Gasteiger partial charge is 0.352 e. The molecule has 18 heavy (non-hydrogen) atoms. The maximum Gasteiger partial charge on any atom is 0.293 e. The molecule has 0 spiro atoms. The van der Waals surface area contributed by atoms with Gasteiger partial charge in [-0.3, -0.25) is 4.79 Å². The van der Waals surface area contributed by atoms with E-state index >= 15 is 0 Å². The molecule has 1 aromatic rings. The Morgan fingerprint density at radius 1 is 1.33 bits per heavy atom. The van der Waals surface area contributed by atoms with Gasteiger partial charge in [0.05, 0.1) is 0 Å². The van der Waals surface area contributed by atoms with E-state index in [4.69, 9.17) is 5.73 Å². The van der Waals surface area contributed by atoms with Crippen LogP contribution < -0.4 is 16.2 Å². The normalized spacial score (nSPS) is 18.1. The minimum absolute atomic E-state index is 0.0135. The summed E-state index contributed by atoms with van der Waals surface area (Å²) < 4.78 is 1.74. The number of anilines is 1. The highest BCUT2D eigenvalue weighted by molar-refractivity contribution is 5.36. The van der Waals surface area contributed by atoms with Gasteiger partial charge in [0, 0.05) is 37.1 Å². The Labute approximate surface area is 108 Å². The van der Waals surface area contributed by atoms with E-state index in [9.17, 15) is 4.79 Å². The summed E-state index contributed by atoms with van der Waals surface area (Å²) in [6.45, 7) is 7.69. The van der Waals surface area contributed by atoms with Crippen LogP contribution in [0, 0.1) is 0 Å². The lowest BCUT2D eigenvalue weighted by atomic mass is 10.1. The Bertz CT molecular complexity index is 467. The summed E-state index contributed by atoms with van der Waals surface area (Å²) in [5, 5.41) is 0. The molecule has 2 N–H and O–H groups in total. The summed E-state index contributed by atoms with van der Waals surface area (Å²) in [6.07, 6.45) is 5.30. The summed E-state index contributed by atoms with van der Waals surface area (Å²) >= 11 is 0. The maximum atomic E-state index is 12.4. The first-order valence-electron chi connectivity index (χ1n) is 6.48. The van der Waals surface area contributed by atoms with E-state index in [1.165, 1.54) is 0 Å². The van der Waals surface area contributed by atoms with Crippen molar-refractivity contribution in [3.8, 4) is 0 Å². The summed E-state index contributed by atoms with van der Waals surface area (Å²) in [6, 6.07) is 0.259. The first-order valence-corrected chi connectivity index (χ1v) is 6.48. The zero-order chi connectivity index (χ0) is 13.3. The second kappa shape index (κ2) is 4.72. The fraction of sp³-hybridized carbons (Fsp3) is 0.692. The van der Waals surface area contributed by atoms with E-state index < -0.39 is 0 Å². The van der Waals surface area contributed by atoms with Gasteiger partial charge in [0.1, 0.15) is 0 Å². The van der Waals surface area contributed by atoms with Crippen molar-refractivity contribution in [2.75, 3.05) is 18.0 Å². The molecule has 2 heterocycles. The third-order valence-corrected chi connectivity index (χ3v) is 3.38. The monoisotopic (exact) mass is 250 g/mol. The van der Waals surface area contributed by atoms with E-state index in [-0.39, 0.29) is 17.1 Å². The lowest BCUT2D eigenvalue weighted by molar-refractivity contribution is 0.381. The van der Waals surface area contributed by atoms with Gasteiger partial charge in [-0.1, -0.05) is 0 Å². The van der Waals surface area contributed by atoms with Crippen molar-refractivity contribution in [2.45, 2.75) is 45.2 Å². The molecule has 0 aliphatic carbocycles. The Morgan fingerprint density at radius 3 is 2.50 bits per heavy atom. The molecule has 0 bridgehead atoms. The van der Waals surface area contributed by atoms with Crippen LogP contribution in [0.25, 0.3) is 0 Å². The molecule has 0 amide bonds. The van der Waals surface area contributed by atoms with Crippen molar-refractivity contribution in [1.29, 1.82) is 0 Å². The third kappa shape index (κ3) is 2.56. The SMILES string of the molecule is CC(C)(C)n1ccnc(N2CCC(N)CC2)c1=O. The molecule has 1 saturated heterocycles. The van der Waals surface area contributed by atoms with E-state index in [1.807, 2.05) is 25.7 Å². The van der Waals surface area contributed by atoms with Crippen molar-refractivity contribution < 1.29 is 0 Å². The van der Waals surface area contributed by atoms with Crippen molar-refractivity contribution in [3.63, 3.8) is 0 Å². The second-order valence-corrected chi connectivity index (χ2v) is 5.92. The minimum Gasteiger partial charge on any atom is -0.352 e. The zero-order valence-corrected chi connectivity index (χ0v) is 11.4. The molecule has 100 valence electrons. The van der Waals surface area contributed by atoms with E-state index in [2.05, 4.69) is 4.98 Å². The number of aromatic nitrogens is 2. The average molecular weight is 250 g/mol. The number of piperidine rings is 1. The van der Waals surface area contributed by atoms with Crippen LogP contribution in [-0.2, 0) is 5.54 Å². The molecule has 0 saturated carbocycles. The Hall–Kier alpha value is -1.36. The average Bonchev–Trinajstić information content (AvgIpc) is 2.29. The summed E-state index contributed by atoms with van der Waals surface area (Å²) in [4.78, 5) is 18.7. The fourth-order valence-electron chi connectivity index (χ4n) is 2.26. The van der Waals surface area contributed by atoms with Crippen LogP contribution in [0.2, 0.25) is 0 Å². The maximum absolute atomic E-state index is 12.4. The van der Waals surface area contributed by atoms with Gasteiger partial charge in [-0.05, 0) is 33.6 Å². The zero-order valence-electron chi connectivity index (χ0n) is 11.4. The minimum atomic E-state index is -0.221. The van der Waals surface area contributed by atoms with E-state index in [0.29, 0.717) is 5.82 Å². The highest BCUT2D eigenvalue weighted by atomic mass is 16.1. The van der Waals surface area contributed by atoms with Crippen LogP contribution in [0.5, 0.6) is 0 Å². The van der Waals surface area contributed by atoms with Crippen molar-refractivity contribution >= 4 is 5.82 Å². The number of hydrogen-bond donors (Lipinski definition) is 1. The number of hydrogen-bond acceptors (Lipinski definition) is 4. The molecule has 0 aromatic carbocycles. The second-order valence-electron chi connectivity index (χ2n) is 5.92. The predicted octanol–water partition coefficient (Wildman–Crippen LogP) is 0.926. The highest BCUT2D eigenvalue weighted by Gasteiger charge is 2.22. The van der Waals surface area contributed by atoms with Crippen LogP contribution in [0.3, 0.4) is 0 Å². The van der Waals surface area contributed by atoms with Crippen molar-refractivity contribution in [3.05, 3.63) is 22.7 Å². The molecule has 0 atom stereocenters. The summed E-state index contributed by atoms with van der Waals surface area (Å²) in [7, 11) is 0. The first-order chi connectivity index (χ1) is 8.39. The molecule has 5 heteroatoms. The molecule has 2 rings (SSSR count). The third-order valence-electron chi connectivity index (χ3n) is 3.38.